The van der Waals surface area contributed by atoms with Gasteiger partial charge in [-0.2, -0.15) is 5.10 Å². The molecule has 6 nitrogen and oxygen atoms in total. The second-order valence-electron chi connectivity index (χ2n) is 3.39. The third-order valence-corrected chi connectivity index (χ3v) is 1.93. The minimum absolute atomic E-state index is 0.0412. The predicted octanol–water partition coefficient (Wildman–Crippen LogP) is -0.696. The standard InChI is InChI=1S/C9H14N4O2/c1-12(2)8(14)3-4-13-9(15)5-7(10)6-11-13/h5-6H,3-4,10H2,1-2H3. The molecule has 0 spiro atoms. The Kier molecular flexibility index (Phi) is 3.43. The van der Waals surface area contributed by atoms with Gasteiger partial charge in [-0.1, -0.05) is 0 Å². The molecule has 1 aromatic heterocycles. The molecule has 1 aromatic rings. The summed E-state index contributed by atoms with van der Waals surface area (Å²) >= 11 is 0. The highest BCUT2D eigenvalue weighted by atomic mass is 16.2. The van der Waals surface area contributed by atoms with Crippen molar-refractivity contribution in [3.63, 3.8) is 0 Å². The van der Waals surface area contributed by atoms with E-state index in [0.717, 1.165) is 0 Å². The maximum Gasteiger partial charge on any atom is 0.268 e. The van der Waals surface area contributed by atoms with E-state index in [0.29, 0.717) is 5.69 Å². The molecular formula is C9H14N4O2. The Hall–Kier alpha value is -1.85. The van der Waals surface area contributed by atoms with Crippen LogP contribution in [0, 0.1) is 0 Å². The van der Waals surface area contributed by atoms with Gasteiger partial charge in [0.05, 0.1) is 18.4 Å². The largest absolute Gasteiger partial charge is 0.397 e. The minimum Gasteiger partial charge on any atom is -0.397 e. The van der Waals surface area contributed by atoms with Crippen molar-refractivity contribution < 1.29 is 4.79 Å². The number of carbonyl (C=O) groups is 1. The van der Waals surface area contributed by atoms with Crippen molar-refractivity contribution in [1.82, 2.24) is 14.7 Å². The molecule has 0 aliphatic heterocycles. The summed E-state index contributed by atoms with van der Waals surface area (Å²) in [4.78, 5) is 24.0. The van der Waals surface area contributed by atoms with Gasteiger partial charge in [0.2, 0.25) is 5.91 Å². The number of nitrogens with zero attached hydrogens (tertiary/aromatic N) is 3. The van der Waals surface area contributed by atoms with Crippen LogP contribution in [0.5, 0.6) is 0 Å². The third kappa shape index (κ3) is 3.08. The Labute approximate surface area is 87.3 Å². The molecule has 0 saturated carbocycles. The molecule has 0 bridgehead atoms. The number of aryl methyl sites for hydroxylation is 1. The normalized spacial score (nSPS) is 10.0. The van der Waals surface area contributed by atoms with Crippen LogP contribution in [0.1, 0.15) is 6.42 Å². The Morgan fingerprint density at radius 2 is 2.27 bits per heavy atom. The van der Waals surface area contributed by atoms with Gasteiger partial charge in [0.25, 0.3) is 5.56 Å². The number of nitrogens with two attached hydrogens (primary N) is 1. The smallest absolute Gasteiger partial charge is 0.268 e. The number of carbonyl (C=O) groups excluding carboxylic acids is 1. The summed E-state index contributed by atoms with van der Waals surface area (Å²) in [5.74, 6) is -0.0412. The Bertz CT molecular complexity index is 411. The number of hydrogen-bond donors (Lipinski definition) is 1. The lowest BCUT2D eigenvalue weighted by atomic mass is 10.4. The van der Waals surface area contributed by atoms with E-state index < -0.39 is 0 Å². The third-order valence-electron chi connectivity index (χ3n) is 1.93. The molecule has 1 rings (SSSR count). The molecule has 1 amide bonds. The van der Waals surface area contributed by atoms with Crippen molar-refractivity contribution in [2.24, 2.45) is 0 Å². The van der Waals surface area contributed by atoms with Gasteiger partial charge in [0.15, 0.2) is 0 Å². The first-order valence-electron chi connectivity index (χ1n) is 4.53. The molecule has 6 heteroatoms. The van der Waals surface area contributed by atoms with Crippen molar-refractivity contribution in [3.05, 3.63) is 22.6 Å². The van der Waals surface area contributed by atoms with Crippen LogP contribution in [-0.4, -0.2) is 34.7 Å². The SMILES string of the molecule is CN(C)C(=O)CCn1ncc(N)cc1=O. The molecule has 82 valence electrons. The summed E-state index contributed by atoms with van der Waals surface area (Å²) in [6, 6.07) is 1.28. The van der Waals surface area contributed by atoms with E-state index in [1.807, 2.05) is 0 Å². The number of amides is 1. The molecule has 0 aliphatic carbocycles. The summed E-state index contributed by atoms with van der Waals surface area (Å²) in [5, 5.41) is 3.82. The van der Waals surface area contributed by atoms with Gasteiger partial charge in [0, 0.05) is 26.6 Å². The van der Waals surface area contributed by atoms with E-state index in [-0.39, 0.29) is 24.4 Å². The highest BCUT2D eigenvalue weighted by Gasteiger charge is 2.05. The van der Waals surface area contributed by atoms with E-state index in [4.69, 9.17) is 5.73 Å². The minimum atomic E-state index is -0.290. The first-order valence-corrected chi connectivity index (χ1v) is 4.53. The van der Waals surface area contributed by atoms with Crippen LogP contribution < -0.4 is 11.3 Å². The summed E-state index contributed by atoms with van der Waals surface area (Å²) in [5.41, 5.74) is 5.42. The average Bonchev–Trinajstić information content (AvgIpc) is 2.15. The fraction of sp³-hybridized carbons (Fsp3) is 0.444. The van der Waals surface area contributed by atoms with Gasteiger partial charge in [-0.15, -0.1) is 0 Å². The zero-order valence-corrected chi connectivity index (χ0v) is 8.80. The molecule has 0 aliphatic rings. The monoisotopic (exact) mass is 210 g/mol. The Morgan fingerprint density at radius 3 is 2.80 bits per heavy atom. The van der Waals surface area contributed by atoms with Crippen molar-refractivity contribution in [1.29, 1.82) is 0 Å². The molecule has 0 aromatic carbocycles. The number of nitrogen functional groups attached to an aromatic ring is 1. The molecule has 1 heterocycles. The summed E-state index contributed by atoms with van der Waals surface area (Å²) < 4.78 is 1.22. The van der Waals surface area contributed by atoms with Gasteiger partial charge < -0.3 is 10.6 Å². The lowest BCUT2D eigenvalue weighted by molar-refractivity contribution is -0.128. The van der Waals surface area contributed by atoms with Gasteiger partial charge in [-0.25, -0.2) is 4.68 Å². The van der Waals surface area contributed by atoms with Crippen molar-refractivity contribution in [3.8, 4) is 0 Å². The maximum atomic E-state index is 11.3. The summed E-state index contributed by atoms with van der Waals surface area (Å²) in [7, 11) is 3.34. The topological polar surface area (TPSA) is 81.2 Å². The number of hydrogen-bond acceptors (Lipinski definition) is 4. The average molecular weight is 210 g/mol. The van der Waals surface area contributed by atoms with Gasteiger partial charge >= 0.3 is 0 Å². The number of aromatic nitrogens is 2. The second-order valence-corrected chi connectivity index (χ2v) is 3.39. The lowest BCUT2D eigenvalue weighted by Gasteiger charge is -2.10. The number of anilines is 1. The van der Waals surface area contributed by atoms with Crippen LogP contribution in [0.3, 0.4) is 0 Å². The van der Waals surface area contributed by atoms with Gasteiger partial charge in [-0.05, 0) is 0 Å². The molecule has 2 N–H and O–H groups in total. The summed E-state index contributed by atoms with van der Waals surface area (Å²) in [6.07, 6.45) is 1.64. The zero-order chi connectivity index (χ0) is 11.4. The van der Waals surface area contributed by atoms with Crippen LogP contribution in [0.4, 0.5) is 5.69 Å². The fourth-order valence-corrected chi connectivity index (χ4v) is 1.04. The second kappa shape index (κ2) is 4.59. The lowest BCUT2D eigenvalue weighted by Crippen LogP contribution is -2.27. The van der Waals surface area contributed by atoms with Crippen LogP contribution >= 0.6 is 0 Å². The van der Waals surface area contributed by atoms with E-state index >= 15 is 0 Å². The molecular weight excluding hydrogens is 196 g/mol. The highest BCUT2D eigenvalue weighted by molar-refractivity contribution is 5.75. The number of rotatable bonds is 3. The molecule has 15 heavy (non-hydrogen) atoms. The highest BCUT2D eigenvalue weighted by Crippen LogP contribution is 1.93. The molecule has 0 fully saturated rings. The van der Waals surface area contributed by atoms with Gasteiger partial charge in [-0.3, -0.25) is 9.59 Å². The van der Waals surface area contributed by atoms with E-state index in [2.05, 4.69) is 5.10 Å². The van der Waals surface area contributed by atoms with E-state index in [1.165, 1.54) is 21.8 Å². The van der Waals surface area contributed by atoms with Crippen molar-refractivity contribution in [2.75, 3.05) is 19.8 Å². The quantitative estimate of drug-likeness (QED) is 0.715. The fourth-order valence-electron chi connectivity index (χ4n) is 1.04. The van der Waals surface area contributed by atoms with Crippen LogP contribution in [-0.2, 0) is 11.3 Å². The first-order chi connectivity index (χ1) is 7.00. The molecule has 0 radical (unpaired) electrons. The maximum absolute atomic E-state index is 11.3. The van der Waals surface area contributed by atoms with E-state index in [9.17, 15) is 9.59 Å². The predicted molar refractivity (Wildman–Crippen MR) is 56.2 cm³/mol. The van der Waals surface area contributed by atoms with Crippen LogP contribution in [0.25, 0.3) is 0 Å². The Balaban J connectivity index is 2.66. The molecule has 0 unspecified atom stereocenters. The van der Waals surface area contributed by atoms with Crippen molar-refractivity contribution >= 4 is 11.6 Å². The van der Waals surface area contributed by atoms with Crippen LogP contribution in [0.15, 0.2) is 17.1 Å². The van der Waals surface area contributed by atoms with Gasteiger partial charge in [0.1, 0.15) is 0 Å². The Morgan fingerprint density at radius 1 is 1.60 bits per heavy atom. The zero-order valence-electron chi connectivity index (χ0n) is 8.80. The first kappa shape index (κ1) is 11.2. The van der Waals surface area contributed by atoms with Crippen LogP contribution in [0.2, 0.25) is 0 Å². The van der Waals surface area contributed by atoms with Crippen molar-refractivity contribution in [2.45, 2.75) is 13.0 Å². The molecule has 0 atom stereocenters. The molecule has 0 saturated heterocycles. The van der Waals surface area contributed by atoms with E-state index in [1.54, 1.807) is 14.1 Å². The summed E-state index contributed by atoms with van der Waals surface area (Å²) in [6.45, 7) is 0.274.